The summed E-state index contributed by atoms with van der Waals surface area (Å²) in [6.45, 7) is 7.34. The van der Waals surface area contributed by atoms with Gasteiger partial charge in [-0.25, -0.2) is 4.79 Å². The van der Waals surface area contributed by atoms with E-state index in [9.17, 15) is 14.4 Å². The van der Waals surface area contributed by atoms with Crippen LogP contribution in [0.4, 0.5) is 10.6 Å². The highest BCUT2D eigenvalue weighted by Gasteiger charge is 2.49. The maximum Gasteiger partial charge on any atom is 0.325 e. The van der Waals surface area contributed by atoms with Crippen LogP contribution in [0.25, 0.3) is 0 Å². The van der Waals surface area contributed by atoms with Crippen LogP contribution in [-0.4, -0.2) is 39.1 Å². The summed E-state index contributed by atoms with van der Waals surface area (Å²) in [5, 5.41) is 9.82. The third kappa shape index (κ3) is 3.49. The number of carbonyl (C=O) groups excluding carboxylic acids is 3. The number of rotatable bonds is 4. The number of benzene rings is 1. The van der Waals surface area contributed by atoms with E-state index < -0.39 is 23.4 Å². The van der Waals surface area contributed by atoms with Crippen molar-refractivity contribution in [2.75, 3.05) is 11.9 Å². The molecule has 0 spiro atoms. The average molecular weight is 383 g/mol. The SMILES string of the molecule is Cn1nc(C(C)(C)C)cc1NC(=O)CN1C(=O)NC(C)(c2ccccc2)C1=O. The Balaban J connectivity index is 1.74. The summed E-state index contributed by atoms with van der Waals surface area (Å²) in [5.41, 5.74) is 0.141. The van der Waals surface area contributed by atoms with Crippen molar-refractivity contribution in [2.24, 2.45) is 7.05 Å². The molecule has 2 N–H and O–H groups in total. The highest BCUT2D eigenvalue weighted by molar-refractivity contribution is 6.10. The highest BCUT2D eigenvalue weighted by atomic mass is 16.2. The lowest BCUT2D eigenvalue weighted by atomic mass is 9.92. The number of aromatic nitrogens is 2. The van der Waals surface area contributed by atoms with Gasteiger partial charge in [-0.1, -0.05) is 51.1 Å². The quantitative estimate of drug-likeness (QED) is 0.791. The number of nitrogens with zero attached hydrogens (tertiary/aromatic N) is 3. The van der Waals surface area contributed by atoms with Crippen LogP contribution in [0.3, 0.4) is 0 Å². The van der Waals surface area contributed by atoms with Gasteiger partial charge in [-0.05, 0) is 12.5 Å². The van der Waals surface area contributed by atoms with Gasteiger partial charge in [0.1, 0.15) is 17.9 Å². The van der Waals surface area contributed by atoms with Crippen molar-refractivity contribution in [3.8, 4) is 0 Å². The minimum atomic E-state index is -1.19. The van der Waals surface area contributed by atoms with E-state index in [0.717, 1.165) is 10.6 Å². The Morgan fingerprint density at radius 2 is 1.86 bits per heavy atom. The number of nitrogens with one attached hydrogen (secondary N) is 2. The number of hydrogen-bond acceptors (Lipinski definition) is 4. The molecule has 1 aromatic carbocycles. The second-order valence-corrected chi connectivity index (χ2v) is 8.15. The van der Waals surface area contributed by atoms with Gasteiger partial charge in [-0.3, -0.25) is 19.2 Å². The molecule has 1 unspecified atom stereocenters. The first-order chi connectivity index (χ1) is 13.0. The standard InChI is InChI=1S/C20H25N5O3/c1-19(2,3)14-11-15(24(5)23-14)21-16(26)12-25-17(27)20(4,22-18(25)28)13-9-7-6-8-10-13/h6-11H,12H2,1-5H3,(H,21,26)(H,22,28). The molecule has 8 heteroatoms. The van der Waals surface area contributed by atoms with Gasteiger partial charge in [-0.15, -0.1) is 0 Å². The number of carbonyl (C=O) groups is 3. The number of amides is 4. The first-order valence-electron chi connectivity index (χ1n) is 9.06. The van der Waals surface area contributed by atoms with Crippen LogP contribution in [0.15, 0.2) is 36.4 Å². The Morgan fingerprint density at radius 1 is 1.21 bits per heavy atom. The van der Waals surface area contributed by atoms with E-state index in [1.54, 1.807) is 49.0 Å². The summed E-state index contributed by atoms with van der Waals surface area (Å²) in [6.07, 6.45) is 0. The molecule has 8 nitrogen and oxygen atoms in total. The molecule has 0 aliphatic carbocycles. The van der Waals surface area contributed by atoms with E-state index in [0.29, 0.717) is 11.4 Å². The third-order valence-electron chi connectivity index (χ3n) is 4.84. The first kappa shape index (κ1) is 19.6. The molecule has 1 saturated heterocycles. The van der Waals surface area contributed by atoms with Crippen LogP contribution in [-0.2, 0) is 27.6 Å². The van der Waals surface area contributed by atoms with E-state index in [4.69, 9.17) is 0 Å². The lowest BCUT2D eigenvalue weighted by Gasteiger charge is -2.22. The largest absolute Gasteiger partial charge is 0.325 e. The average Bonchev–Trinajstić information content (AvgIpc) is 3.09. The van der Waals surface area contributed by atoms with Crippen molar-refractivity contribution in [3.63, 3.8) is 0 Å². The fourth-order valence-corrected chi connectivity index (χ4v) is 3.08. The lowest BCUT2D eigenvalue weighted by Crippen LogP contribution is -2.42. The van der Waals surface area contributed by atoms with Crippen LogP contribution in [0.5, 0.6) is 0 Å². The molecule has 1 aliphatic heterocycles. The van der Waals surface area contributed by atoms with Gasteiger partial charge in [0.05, 0.1) is 5.69 Å². The number of anilines is 1. The normalized spacial score (nSPS) is 19.7. The predicted octanol–water partition coefficient (Wildman–Crippen LogP) is 2.12. The van der Waals surface area contributed by atoms with Gasteiger partial charge < -0.3 is 10.6 Å². The third-order valence-corrected chi connectivity index (χ3v) is 4.84. The fourth-order valence-electron chi connectivity index (χ4n) is 3.08. The Labute approximate surface area is 163 Å². The van der Waals surface area contributed by atoms with Gasteiger partial charge in [-0.2, -0.15) is 5.10 Å². The van der Waals surface area contributed by atoms with E-state index in [1.165, 1.54) is 0 Å². The van der Waals surface area contributed by atoms with Gasteiger partial charge >= 0.3 is 6.03 Å². The Morgan fingerprint density at radius 3 is 2.43 bits per heavy atom. The van der Waals surface area contributed by atoms with E-state index in [1.807, 2.05) is 26.8 Å². The van der Waals surface area contributed by atoms with Crippen LogP contribution >= 0.6 is 0 Å². The van der Waals surface area contributed by atoms with Gasteiger partial charge in [0.15, 0.2) is 0 Å². The van der Waals surface area contributed by atoms with Crippen molar-refractivity contribution < 1.29 is 14.4 Å². The summed E-state index contributed by atoms with van der Waals surface area (Å²) >= 11 is 0. The molecule has 1 aliphatic rings. The first-order valence-corrected chi connectivity index (χ1v) is 9.06. The summed E-state index contributed by atoms with van der Waals surface area (Å²) in [6, 6.07) is 10.2. The Bertz CT molecular complexity index is 929. The van der Waals surface area contributed by atoms with Crippen LogP contribution in [0.2, 0.25) is 0 Å². The molecule has 148 valence electrons. The zero-order valence-electron chi connectivity index (χ0n) is 16.7. The van der Waals surface area contributed by atoms with Crippen LogP contribution in [0.1, 0.15) is 39.0 Å². The summed E-state index contributed by atoms with van der Waals surface area (Å²) in [4.78, 5) is 38.7. The number of aryl methyl sites for hydroxylation is 1. The molecule has 2 heterocycles. The predicted molar refractivity (Wildman–Crippen MR) is 105 cm³/mol. The summed E-state index contributed by atoms with van der Waals surface area (Å²) < 4.78 is 1.57. The minimum Gasteiger partial charge on any atom is -0.319 e. The molecule has 3 rings (SSSR count). The maximum atomic E-state index is 12.9. The van der Waals surface area contributed by atoms with E-state index in [-0.39, 0.29) is 12.0 Å². The molecule has 2 aromatic rings. The Kier molecular flexibility index (Phi) is 4.74. The second-order valence-electron chi connectivity index (χ2n) is 8.15. The monoisotopic (exact) mass is 383 g/mol. The fraction of sp³-hybridized carbons (Fsp3) is 0.400. The van der Waals surface area contributed by atoms with Crippen molar-refractivity contribution >= 4 is 23.7 Å². The van der Waals surface area contributed by atoms with Gasteiger partial charge in [0.25, 0.3) is 5.91 Å². The van der Waals surface area contributed by atoms with Crippen LogP contribution < -0.4 is 10.6 Å². The molecule has 1 atom stereocenters. The van der Waals surface area contributed by atoms with Crippen molar-refractivity contribution in [1.82, 2.24) is 20.0 Å². The maximum absolute atomic E-state index is 12.9. The molecule has 1 aromatic heterocycles. The van der Waals surface area contributed by atoms with Crippen molar-refractivity contribution in [1.29, 1.82) is 0 Å². The second kappa shape index (κ2) is 6.78. The Hall–Kier alpha value is -3.16. The topological polar surface area (TPSA) is 96.3 Å². The lowest BCUT2D eigenvalue weighted by molar-refractivity contribution is -0.133. The smallest absolute Gasteiger partial charge is 0.319 e. The highest BCUT2D eigenvalue weighted by Crippen LogP contribution is 2.28. The van der Waals surface area contributed by atoms with E-state index in [2.05, 4.69) is 15.7 Å². The van der Waals surface area contributed by atoms with Gasteiger partial charge in [0, 0.05) is 18.5 Å². The zero-order valence-corrected chi connectivity index (χ0v) is 16.7. The van der Waals surface area contributed by atoms with E-state index >= 15 is 0 Å². The number of urea groups is 1. The molecule has 0 bridgehead atoms. The van der Waals surface area contributed by atoms with Crippen LogP contribution in [0, 0.1) is 0 Å². The molecule has 1 fully saturated rings. The molecule has 0 radical (unpaired) electrons. The van der Waals surface area contributed by atoms with Crippen molar-refractivity contribution in [2.45, 2.75) is 38.6 Å². The summed E-state index contributed by atoms with van der Waals surface area (Å²) in [7, 11) is 1.73. The number of imide groups is 1. The molecular formula is C20H25N5O3. The summed E-state index contributed by atoms with van der Waals surface area (Å²) in [5.74, 6) is -0.420. The molecule has 0 saturated carbocycles. The van der Waals surface area contributed by atoms with Gasteiger partial charge in [0.2, 0.25) is 5.91 Å². The van der Waals surface area contributed by atoms with Crippen molar-refractivity contribution in [3.05, 3.63) is 47.7 Å². The molecule has 4 amide bonds. The molecule has 28 heavy (non-hydrogen) atoms. The minimum absolute atomic E-state index is 0.164. The number of hydrogen-bond donors (Lipinski definition) is 2. The zero-order chi connectivity index (χ0) is 20.7. The molecular weight excluding hydrogens is 358 g/mol.